The van der Waals surface area contributed by atoms with Crippen molar-refractivity contribution in [2.75, 3.05) is 18.0 Å². The Morgan fingerprint density at radius 3 is 2.52 bits per heavy atom. The number of thiophene rings is 1. The molecule has 0 aliphatic carbocycles. The fourth-order valence-corrected chi connectivity index (χ4v) is 5.97. The quantitative estimate of drug-likeness (QED) is 0.588. The number of piperidine rings is 1. The topological polar surface area (TPSA) is 44.4 Å². The summed E-state index contributed by atoms with van der Waals surface area (Å²) in [5.41, 5.74) is 3.44. The molecule has 3 aromatic rings. The van der Waals surface area contributed by atoms with Crippen LogP contribution in [-0.2, 0) is 11.2 Å². The Labute approximate surface area is 188 Å². The Kier molecular flexibility index (Phi) is 5.79. The van der Waals surface area contributed by atoms with E-state index in [-0.39, 0.29) is 12.1 Å². The second-order valence-corrected chi connectivity index (χ2v) is 9.45. The van der Waals surface area contributed by atoms with Gasteiger partial charge in [0.15, 0.2) is 0 Å². The lowest BCUT2D eigenvalue weighted by molar-refractivity contribution is -0.124. The first-order valence-corrected chi connectivity index (χ1v) is 12.1. The van der Waals surface area contributed by atoms with E-state index in [2.05, 4.69) is 81.6 Å². The van der Waals surface area contributed by atoms with E-state index in [0.29, 0.717) is 0 Å². The maximum Gasteiger partial charge on any atom is 0.247 e. The molecule has 0 saturated carbocycles. The summed E-state index contributed by atoms with van der Waals surface area (Å²) in [6.07, 6.45) is 4.73. The summed E-state index contributed by atoms with van der Waals surface area (Å²) in [7, 11) is 0. The van der Waals surface area contributed by atoms with Crippen LogP contribution in [0.15, 0.2) is 72.1 Å². The summed E-state index contributed by atoms with van der Waals surface area (Å²) in [6.45, 7) is 1.77. The normalized spacial score (nSPS) is 20.2. The number of benzene rings is 2. The zero-order chi connectivity index (χ0) is 21.1. The number of anilines is 1. The lowest BCUT2D eigenvalue weighted by atomic mass is 9.86. The van der Waals surface area contributed by atoms with Gasteiger partial charge < -0.3 is 15.5 Å². The standard InChI is InChI=1S/C26H29N3OS/c30-25-26(15-17-27-18-16-26)29(21-10-2-1-3-11-21)24(28-25)14-6-9-20-8-4-5-12-22(20)23-13-7-19-31-23/h1-5,7-8,10-13,19,24,27H,6,9,14-18H2,(H,28,30). The van der Waals surface area contributed by atoms with Crippen LogP contribution in [-0.4, -0.2) is 30.7 Å². The number of hydrogen-bond acceptors (Lipinski definition) is 4. The minimum atomic E-state index is -0.424. The third-order valence-corrected chi connectivity index (χ3v) is 7.59. The molecule has 3 heterocycles. The van der Waals surface area contributed by atoms with Crippen LogP contribution in [0.3, 0.4) is 0 Å². The van der Waals surface area contributed by atoms with Gasteiger partial charge in [0.1, 0.15) is 11.7 Å². The summed E-state index contributed by atoms with van der Waals surface area (Å²) in [5.74, 6) is 0.196. The van der Waals surface area contributed by atoms with E-state index in [1.54, 1.807) is 11.3 Å². The van der Waals surface area contributed by atoms with Gasteiger partial charge in [-0.25, -0.2) is 0 Å². The van der Waals surface area contributed by atoms with E-state index >= 15 is 0 Å². The molecule has 1 atom stereocenters. The van der Waals surface area contributed by atoms with Gasteiger partial charge >= 0.3 is 0 Å². The Hall–Kier alpha value is -2.63. The van der Waals surface area contributed by atoms with E-state index in [4.69, 9.17) is 0 Å². The van der Waals surface area contributed by atoms with E-state index in [1.165, 1.54) is 16.0 Å². The van der Waals surface area contributed by atoms with Crippen molar-refractivity contribution < 1.29 is 4.79 Å². The summed E-state index contributed by atoms with van der Waals surface area (Å²) < 4.78 is 0. The third kappa shape index (κ3) is 3.88. The molecule has 31 heavy (non-hydrogen) atoms. The monoisotopic (exact) mass is 431 g/mol. The summed E-state index contributed by atoms with van der Waals surface area (Å²) in [5, 5.41) is 8.91. The first-order valence-electron chi connectivity index (χ1n) is 11.3. The molecule has 0 radical (unpaired) electrons. The number of carbonyl (C=O) groups excluding carboxylic acids is 1. The molecule has 1 aromatic heterocycles. The van der Waals surface area contributed by atoms with Crippen LogP contribution in [0.5, 0.6) is 0 Å². The Balaban J connectivity index is 1.35. The molecule has 2 fully saturated rings. The first kappa shape index (κ1) is 20.3. The van der Waals surface area contributed by atoms with Crippen molar-refractivity contribution in [2.45, 2.75) is 43.8 Å². The van der Waals surface area contributed by atoms with Gasteiger partial charge in [0, 0.05) is 10.6 Å². The largest absolute Gasteiger partial charge is 0.336 e. The molecule has 0 bridgehead atoms. The third-order valence-electron chi connectivity index (χ3n) is 6.69. The zero-order valence-electron chi connectivity index (χ0n) is 17.7. The van der Waals surface area contributed by atoms with Crippen LogP contribution in [0.2, 0.25) is 0 Å². The lowest BCUT2D eigenvalue weighted by Gasteiger charge is -2.42. The molecule has 1 spiro atoms. The number of nitrogens with zero attached hydrogens (tertiary/aromatic N) is 1. The SMILES string of the molecule is O=C1NC(CCCc2ccccc2-c2cccs2)N(c2ccccc2)C12CCNCC2. The molecule has 2 aromatic carbocycles. The molecule has 5 rings (SSSR count). The molecule has 2 N–H and O–H groups in total. The molecule has 2 saturated heterocycles. The molecular formula is C26H29N3OS. The number of nitrogens with one attached hydrogen (secondary N) is 2. The van der Waals surface area contributed by atoms with Gasteiger partial charge in [-0.3, -0.25) is 4.79 Å². The molecular weight excluding hydrogens is 402 g/mol. The van der Waals surface area contributed by atoms with Crippen molar-refractivity contribution in [3.63, 3.8) is 0 Å². The highest BCUT2D eigenvalue weighted by atomic mass is 32.1. The van der Waals surface area contributed by atoms with Crippen LogP contribution in [0.4, 0.5) is 5.69 Å². The molecule has 160 valence electrons. The minimum Gasteiger partial charge on any atom is -0.336 e. The summed E-state index contributed by atoms with van der Waals surface area (Å²) in [6, 6.07) is 23.5. The van der Waals surface area contributed by atoms with Crippen molar-refractivity contribution in [3.8, 4) is 10.4 Å². The van der Waals surface area contributed by atoms with Crippen molar-refractivity contribution in [1.82, 2.24) is 10.6 Å². The van der Waals surface area contributed by atoms with Crippen molar-refractivity contribution in [2.24, 2.45) is 0 Å². The number of amides is 1. The summed E-state index contributed by atoms with van der Waals surface area (Å²) >= 11 is 1.79. The predicted octanol–water partition coefficient (Wildman–Crippen LogP) is 4.82. The Bertz CT molecular complexity index is 1010. The van der Waals surface area contributed by atoms with E-state index in [1.807, 2.05) is 6.07 Å². The highest BCUT2D eigenvalue weighted by Crippen LogP contribution is 2.38. The Morgan fingerprint density at radius 1 is 0.968 bits per heavy atom. The summed E-state index contributed by atoms with van der Waals surface area (Å²) in [4.78, 5) is 16.9. The second-order valence-electron chi connectivity index (χ2n) is 8.50. The molecule has 1 unspecified atom stereocenters. The first-order chi connectivity index (χ1) is 15.3. The van der Waals surface area contributed by atoms with Gasteiger partial charge in [-0.1, -0.05) is 48.5 Å². The molecule has 2 aliphatic heterocycles. The number of aryl methyl sites for hydroxylation is 1. The molecule has 2 aliphatic rings. The number of hydrogen-bond donors (Lipinski definition) is 2. The average Bonchev–Trinajstić information content (AvgIpc) is 3.43. The maximum atomic E-state index is 13.2. The molecule has 5 heteroatoms. The Morgan fingerprint density at radius 2 is 1.74 bits per heavy atom. The van der Waals surface area contributed by atoms with E-state index in [0.717, 1.165) is 50.9 Å². The van der Waals surface area contributed by atoms with Crippen molar-refractivity contribution in [1.29, 1.82) is 0 Å². The van der Waals surface area contributed by atoms with Crippen LogP contribution < -0.4 is 15.5 Å². The zero-order valence-corrected chi connectivity index (χ0v) is 18.5. The van der Waals surface area contributed by atoms with Gasteiger partial charge in [-0.15, -0.1) is 11.3 Å². The van der Waals surface area contributed by atoms with E-state index < -0.39 is 5.54 Å². The number of para-hydroxylation sites is 1. The maximum absolute atomic E-state index is 13.2. The van der Waals surface area contributed by atoms with Gasteiger partial charge in [-0.2, -0.15) is 0 Å². The van der Waals surface area contributed by atoms with Crippen molar-refractivity contribution >= 4 is 22.9 Å². The second kappa shape index (κ2) is 8.85. The fourth-order valence-electron chi connectivity index (χ4n) is 5.18. The minimum absolute atomic E-state index is 0.0434. The number of rotatable bonds is 6. The van der Waals surface area contributed by atoms with E-state index in [9.17, 15) is 4.79 Å². The van der Waals surface area contributed by atoms with Crippen molar-refractivity contribution in [3.05, 3.63) is 77.7 Å². The highest BCUT2D eigenvalue weighted by molar-refractivity contribution is 7.13. The average molecular weight is 432 g/mol. The van der Waals surface area contributed by atoms with Crippen LogP contribution in [0.1, 0.15) is 31.2 Å². The smallest absolute Gasteiger partial charge is 0.247 e. The van der Waals surface area contributed by atoms with Crippen LogP contribution in [0.25, 0.3) is 10.4 Å². The van der Waals surface area contributed by atoms with Gasteiger partial charge in [0.05, 0.1) is 0 Å². The highest BCUT2D eigenvalue weighted by Gasteiger charge is 2.53. The lowest BCUT2D eigenvalue weighted by Crippen LogP contribution is -2.56. The predicted molar refractivity (Wildman–Crippen MR) is 128 cm³/mol. The molecule has 1 amide bonds. The number of carbonyl (C=O) groups is 1. The molecule has 4 nitrogen and oxygen atoms in total. The van der Waals surface area contributed by atoms with Crippen LogP contribution in [0, 0.1) is 0 Å². The van der Waals surface area contributed by atoms with Gasteiger partial charge in [0.25, 0.3) is 0 Å². The van der Waals surface area contributed by atoms with Gasteiger partial charge in [-0.05, 0) is 79.9 Å². The van der Waals surface area contributed by atoms with Crippen LogP contribution >= 0.6 is 11.3 Å². The van der Waals surface area contributed by atoms with Gasteiger partial charge in [0.2, 0.25) is 5.91 Å². The fraction of sp³-hybridized carbons (Fsp3) is 0.346.